The molecule has 2 aliphatic rings. The van der Waals surface area contributed by atoms with Crippen molar-refractivity contribution in [1.29, 1.82) is 0 Å². The van der Waals surface area contributed by atoms with E-state index < -0.39 is 0 Å². The Kier molecular flexibility index (Phi) is 5.90. The highest BCUT2D eigenvalue weighted by Gasteiger charge is 2.27. The quantitative estimate of drug-likeness (QED) is 0.807. The number of amides is 2. The number of fused-ring (bicyclic) bond motifs is 1. The SMILES string of the molecule is C[C@@H](c1cc2ccccc2o1)N(C)C(=O)NC1CCN(CC2CCCC2)CC1. The second-order valence-corrected chi connectivity index (χ2v) is 8.65. The summed E-state index contributed by atoms with van der Waals surface area (Å²) in [6.07, 6.45) is 7.72. The summed E-state index contributed by atoms with van der Waals surface area (Å²) in [4.78, 5) is 17.1. The van der Waals surface area contributed by atoms with Crippen LogP contribution in [0.4, 0.5) is 4.79 Å². The van der Waals surface area contributed by atoms with Crippen molar-refractivity contribution in [1.82, 2.24) is 15.1 Å². The third kappa shape index (κ3) is 4.35. The van der Waals surface area contributed by atoms with Gasteiger partial charge in [0.25, 0.3) is 0 Å². The number of likely N-dealkylation sites (tertiary alicyclic amines) is 1. The van der Waals surface area contributed by atoms with Gasteiger partial charge in [0.1, 0.15) is 11.3 Å². The standard InChI is InChI=1S/C23H33N3O2/c1-17(22-15-19-9-5-6-10-21(19)28-22)25(2)23(27)24-20-11-13-26(14-12-20)16-18-7-3-4-8-18/h5-6,9-10,15,17-18,20H,3-4,7-8,11-14,16H2,1-2H3,(H,24,27)/t17-/m0/s1. The summed E-state index contributed by atoms with van der Waals surface area (Å²) in [6.45, 7) is 5.47. The van der Waals surface area contributed by atoms with Crippen molar-refractivity contribution in [2.24, 2.45) is 5.92 Å². The number of para-hydroxylation sites is 1. The lowest BCUT2D eigenvalue weighted by molar-refractivity contribution is 0.156. The molecule has 1 saturated heterocycles. The Bertz CT molecular complexity index is 755. The first-order valence-electron chi connectivity index (χ1n) is 10.8. The van der Waals surface area contributed by atoms with Gasteiger partial charge in [-0.25, -0.2) is 4.79 Å². The highest BCUT2D eigenvalue weighted by molar-refractivity contribution is 5.78. The summed E-state index contributed by atoms with van der Waals surface area (Å²) >= 11 is 0. The lowest BCUT2D eigenvalue weighted by Crippen LogP contribution is -2.49. The Hall–Kier alpha value is -2.01. The second kappa shape index (κ2) is 8.56. The van der Waals surface area contributed by atoms with E-state index in [9.17, 15) is 4.79 Å². The first-order valence-corrected chi connectivity index (χ1v) is 10.8. The number of carbonyl (C=O) groups excluding carboxylic acids is 1. The van der Waals surface area contributed by atoms with Gasteiger partial charge < -0.3 is 19.5 Å². The average Bonchev–Trinajstić information content (AvgIpc) is 3.37. The van der Waals surface area contributed by atoms with Gasteiger partial charge in [-0.15, -0.1) is 0 Å². The zero-order valence-corrected chi connectivity index (χ0v) is 17.2. The molecule has 1 aromatic heterocycles. The third-order valence-electron chi connectivity index (χ3n) is 6.66. The van der Waals surface area contributed by atoms with Crippen LogP contribution < -0.4 is 5.32 Å². The van der Waals surface area contributed by atoms with E-state index in [2.05, 4.69) is 10.2 Å². The number of hydrogen-bond donors (Lipinski definition) is 1. The molecule has 152 valence electrons. The number of rotatable bonds is 5. The van der Waals surface area contributed by atoms with Crippen LogP contribution in [0.2, 0.25) is 0 Å². The van der Waals surface area contributed by atoms with Crippen molar-refractivity contribution in [2.75, 3.05) is 26.7 Å². The molecule has 1 aliphatic carbocycles. The normalized spacial score (nSPS) is 20.5. The van der Waals surface area contributed by atoms with Gasteiger partial charge in [0, 0.05) is 38.1 Å². The fourth-order valence-corrected chi connectivity index (χ4v) is 4.67. The van der Waals surface area contributed by atoms with Crippen molar-refractivity contribution in [3.63, 3.8) is 0 Å². The first-order chi connectivity index (χ1) is 13.6. The molecule has 2 fully saturated rings. The first kappa shape index (κ1) is 19.3. The van der Waals surface area contributed by atoms with Crippen molar-refractivity contribution in [3.05, 3.63) is 36.1 Å². The summed E-state index contributed by atoms with van der Waals surface area (Å²) in [5.41, 5.74) is 0.868. The molecular formula is C23H33N3O2. The van der Waals surface area contributed by atoms with Gasteiger partial charge in [0.15, 0.2) is 0 Å². The number of piperidine rings is 1. The molecule has 0 bridgehead atoms. The predicted octanol–water partition coefficient (Wildman–Crippen LogP) is 4.79. The van der Waals surface area contributed by atoms with Gasteiger partial charge in [-0.05, 0) is 50.7 Å². The van der Waals surface area contributed by atoms with Crippen molar-refractivity contribution >= 4 is 17.0 Å². The molecule has 28 heavy (non-hydrogen) atoms. The maximum absolute atomic E-state index is 12.8. The lowest BCUT2D eigenvalue weighted by Gasteiger charge is -2.35. The average molecular weight is 384 g/mol. The Balaban J connectivity index is 1.27. The minimum Gasteiger partial charge on any atom is -0.459 e. The molecule has 0 unspecified atom stereocenters. The van der Waals surface area contributed by atoms with Crippen LogP contribution in [0, 0.1) is 5.92 Å². The Morgan fingerprint density at radius 2 is 1.93 bits per heavy atom. The van der Waals surface area contributed by atoms with Crippen LogP contribution in [0.5, 0.6) is 0 Å². The summed E-state index contributed by atoms with van der Waals surface area (Å²) in [5, 5.41) is 4.31. The lowest BCUT2D eigenvalue weighted by atomic mass is 10.0. The van der Waals surface area contributed by atoms with E-state index in [-0.39, 0.29) is 18.1 Å². The van der Waals surface area contributed by atoms with Gasteiger partial charge in [0.05, 0.1) is 6.04 Å². The van der Waals surface area contributed by atoms with E-state index in [0.29, 0.717) is 0 Å². The molecule has 1 aromatic carbocycles. The molecule has 2 amide bonds. The number of carbonyl (C=O) groups is 1. The smallest absolute Gasteiger partial charge is 0.317 e. The van der Waals surface area contributed by atoms with Crippen LogP contribution >= 0.6 is 0 Å². The molecule has 1 atom stereocenters. The molecule has 2 heterocycles. The topological polar surface area (TPSA) is 48.7 Å². The Morgan fingerprint density at radius 1 is 1.21 bits per heavy atom. The zero-order chi connectivity index (χ0) is 19.5. The van der Waals surface area contributed by atoms with E-state index in [0.717, 1.165) is 48.6 Å². The van der Waals surface area contributed by atoms with E-state index in [1.165, 1.54) is 32.2 Å². The van der Waals surface area contributed by atoms with E-state index in [1.54, 1.807) is 4.90 Å². The maximum atomic E-state index is 12.8. The maximum Gasteiger partial charge on any atom is 0.317 e. The van der Waals surface area contributed by atoms with Crippen molar-refractivity contribution in [2.45, 2.75) is 57.5 Å². The van der Waals surface area contributed by atoms with Crippen LogP contribution in [-0.2, 0) is 0 Å². The van der Waals surface area contributed by atoms with Crippen LogP contribution in [0.1, 0.15) is 57.3 Å². The molecule has 0 radical (unpaired) electrons. The number of benzene rings is 1. The van der Waals surface area contributed by atoms with E-state index >= 15 is 0 Å². The number of urea groups is 1. The van der Waals surface area contributed by atoms with Gasteiger partial charge in [-0.2, -0.15) is 0 Å². The highest BCUT2D eigenvalue weighted by atomic mass is 16.3. The van der Waals surface area contributed by atoms with Gasteiger partial charge in [-0.1, -0.05) is 31.0 Å². The monoisotopic (exact) mass is 383 g/mol. The summed E-state index contributed by atoms with van der Waals surface area (Å²) < 4.78 is 5.94. The minimum atomic E-state index is -0.102. The molecule has 1 N–H and O–H groups in total. The largest absolute Gasteiger partial charge is 0.459 e. The van der Waals surface area contributed by atoms with Crippen molar-refractivity contribution < 1.29 is 9.21 Å². The Morgan fingerprint density at radius 3 is 2.64 bits per heavy atom. The van der Waals surface area contributed by atoms with Gasteiger partial charge in [-0.3, -0.25) is 0 Å². The number of hydrogen-bond acceptors (Lipinski definition) is 3. The summed E-state index contributed by atoms with van der Waals surface area (Å²) in [6, 6.07) is 10.2. The highest BCUT2D eigenvalue weighted by Crippen LogP contribution is 2.28. The molecule has 1 saturated carbocycles. The van der Waals surface area contributed by atoms with Gasteiger partial charge >= 0.3 is 6.03 Å². The summed E-state index contributed by atoms with van der Waals surface area (Å²) in [7, 11) is 1.85. The number of furan rings is 1. The Labute approximate surface area is 168 Å². The van der Waals surface area contributed by atoms with Crippen LogP contribution in [0.3, 0.4) is 0 Å². The molecule has 4 rings (SSSR count). The van der Waals surface area contributed by atoms with Crippen molar-refractivity contribution in [3.8, 4) is 0 Å². The van der Waals surface area contributed by atoms with Crippen LogP contribution in [-0.4, -0.2) is 48.6 Å². The molecule has 0 spiro atoms. The fourth-order valence-electron chi connectivity index (χ4n) is 4.67. The molecule has 5 nitrogen and oxygen atoms in total. The number of nitrogens with one attached hydrogen (secondary N) is 1. The third-order valence-corrected chi connectivity index (χ3v) is 6.66. The van der Waals surface area contributed by atoms with Gasteiger partial charge in [0.2, 0.25) is 0 Å². The van der Waals surface area contributed by atoms with Crippen LogP contribution in [0.15, 0.2) is 34.7 Å². The zero-order valence-electron chi connectivity index (χ0n) is 17.2. The predicted molar refractivity (Wildman–Crippen MR) is 112 cm³/mol. The minimum absolute atomic E-state index is 0.0119. The molecule has 5 heteroatoms. The van der Waals surface area contributed by atoms with E-state index in [1.807, 2.05) is 44.3 Å². The molecule has 1 aliphatic heterocycles. The number of nitrogens with zero attached hydrogens (tertiary/aromatic N) is 2. The van der Waals surface area contributed by atoms with Crippen LogP contribution in [0.25, 0.3) is 11.0 Å². The molecule has 2 aromatic rings. The van der Waals surface area contributed by atoms with E-state index in [4.69, 9.17) is 4.42 Å². The summed E-state index contributed by atoms with van der Waals surface area (Å²) in [5.74, 6) is 1.73. The second-order valence-electron chi connectivity index (χ2n) is 8.65. The molecular weight excluding hydrogens is 350 g/mol. The fraction of sp³-hybridized carbons (Fsp3) is 0.609.